The number of benzene rings is 4. The minimum atomic E-state index is 0. The molecule has 3 aliphatic rings. The summed E-state index contributed by atoms with van der Waals surface area (Å²) in [5, 5.41) is 0. The molecule has 3 aliphatic carbocycles. The van der Waals surface area contributed by atoms with E-state index in [-0.39, 0.29) is 35.6 Å². The summed E-state index contributed by atoms with van der Waals surface area (Å²) in [6.45, 7) is 22.6. The van der Waals surface area contributed by atoms with E-state index in [1.807, 2.05) is 0 Å². The van der Waals surface area contributed by atoms with E-state index in [1.165, 1.54) is 105 Å². The summed E-state index contributed by atoms with van der Waals surface area (Å²) in [6, 6.07) is 37.7. The van der Waals surface area contributed by atoms with Crippen LogP contribution in [0, 0.1) is 6.08 Å². The van der Waals surface area contributed by atoms with Gasteiger partial charge in [-0.1, -0.05) is 97.8 Å². The molecule has 3 heteroatoms. The first-order valence-corrected chi connectivity index (χ1v) is 19.4. The van der Waals surface area contributed by atoms with Crippen molar-refractivity contribution in [3.8, 4) is 11.1 Å². The minimum absolute atomic E-state index is 0. The molecule has 0 bridgehead atoms. The third kappa shape index (κ3) is 8.54. The summed E-state index contributed by atoms with van der Waals surface area (Å²) in [4.78, 5) is 0. The van der Waals surface area contributed by atoms with Crippen LogP contribution in [0.3, 0.4) is 0 Å². The van der Waals surface area contributed by atoms with E-state index < -0.39 is 0 Å². The van der Waals surface area contributed by atoms with Gasteiger partial charge >= 0.3 is 99.2 Å². The fourth-order valence-electron chi connectivity index (χ4n) is 7.83. The first-order valence-electron chi connectivity index (χ1n) is 18.2. The molecule has 0 heterocycles. The molecule has 0 saturated carbocycles. The van der Waals surface area contributed by atoms with Crippen molar-refractivity contribution < 1.29 is 49.0 Å². The molecule has 8 rings (SSSR count). The zero-order valence-corrected chi connectivity index (χ0v) is 36.5. The molecule has 0 nitrogen and oxygen atoms in total. The van der Waals surface area contributed by atoms with E-state index in [0.29, 0.717) is 5.41 Å². The van der Waals surface area contributed by atoms with Gasteiger partial charge in [0.15, 0.2) is 0 Å². The molecule has 0 aliphatic heterocycles. The molecule has 0 fully saturated rings. The van der Waals surface area contributed by atoms with Crippen molar-refractivity contribution in [1.82, 2.24) is 0 Å². The molecule has 0 aromatic heterocycles. The Labute approximate surface area is 341 Å². The monoisotopic (exact) mass is 800 g/mol. The van der Waals surface area contributed by atoms with Gasteiger partial charge in [-0.25, -0.2) is 11.6 Å². The summed E-state index contributed by atoms with van der Waals surface area (Å²) in [5.41, 5.74) is 20.4. The van der Waals surface area contributed by atoms with Crippen molar-refractivity contribution in [2.24, 2.45) is 0 Å². The fraction of sp³-hybridized carbons (Fsp3) is 0.306. The molecule has 5 aromatic rings. The summed E-state index contributed by atoms with van der Waals surface area (Å²) in [5.74, 6) is 0. The molecule has 52 heavy (non-hydrogen) atoms. The molecule has 0 atom stereocenters. The first kappa shape index (κ1) is 41.8. The molecular weight excluding hydrogens is 751 g/mol. The van der Waals surface area contributed by atoms with Crippen LogP contribution in [0.2, 0.25) is 0 Å². The zero-order valence-electron chi connectivity index (χ0n) is 32.6. The predicted molar refractivity (Wildman–Crippen MR) is 213 cm³/mol. The van der Waals surface area contributed by atoms with E-state index >= 15 is 0 Å². The van der Waals surface area contributed by atoms with Crippen LogP contribution in [-0.4, -0.2) is 3.21 Å². The van der Waals surface area contributed by atoms with Crippen LogP contribution in [0.25, 0.3) is 22.3 Å². The molecule has 0 unspecified atom stereocenters. The summed E-state index contributed by atoms with van der Waals surface area (Å²) < 4.78 is 1.42. The Hall–Kier alpha value is -2.96. The molecular formula is C49H52Cl2Zr-2. The van der Waals surface area contributed by atoms with Crippen molar-refractivity contribution in [3.63, 3.8) is 0 Å². The second-order valence-electron chi connectivity index (χ2n) is 16.4. The number of fused-ring (bicyclic) bond motifs is 5. The van der Waals surface area contributed by atoms with Crippen LogP contribution in [-0.2, 0) is 53.3 Å². The number of halogens is 2. The SMILES string of the molecule is CC1=[C-]C(C)(C)c2cc3c(cc21)-c1cc2c(cc1C3)C(C)(C)C=C2C.CCc1cc(C(C)(C)C)c[cH-]1.[Cl-].[Cl-].[Zr+2]=[C](c1ccccc1)c1ccccc1. The maximum absolute atomic E-state index is 3.65. The number of hydrogen-bond acceptors (Lipinski definition) is 0. The first-order chi connectivity index (χ1) is 23.6. The molecule has 268 valence electrons. The average molecular weight is 803 g/mol. The molecule has 0 saturated heterocycles. The predicted octanol–water partition coefficient (Wildman–Crippen LogP) is 6.53. The van der Waals surface area contributed by atoms with Crippen molar-refractivity contribution >= 4 is 14.4 Å². The van der Waals surface area contributed by atoms with Gasteiger partial charge in [-0.3, -0.25) is 6.08 Å². The quantitative estimate of drug-likeness (QED) is 0.179. The van der Waals surface area contributed by atoms with Gasteiger partial charge < -0.3 is 24.8 Å². The van der Waals surface area contributed by atoms with Crippen LogP contribution in [0.4, 0.5) is 0 Å². The second-order valence-corrected chi connectivity index (χ2v) is 17.7. The Morgan fingerprint density at radius 3 is 1.73 bits per heavy atom. The number of aryl methyl sites for hydroxylation is 1. The Kier molecular flexibility index (Phi) is 13.0. The van der Waals surface area contributed by atoms with Gasteiger partial charge in [-0.15, -0.1) is 11.6 Å². The number of rotatable bonds is 3. The van der Waals surface area contributed by atoms with E-state index in [2.05, 4.69) is 185 Å². The van der Waals surface area contributed by atoms with Crippen LogP contribution >= 0.6 is 0 Å². The van der Waals surface area contributed by atoms with Gasteiger partial charge in [0, 0.05) is 5.41 Å². The third-order valence-corrected chi connectivity index (χ3v) is 12.1. The molecule has 5 aromatic carbocycles. The van der Waals surface area contributed by atoms with Gasteiger partial charge in [-0.2, -0.15) is 28.8 Å². The van der Waals surface area contributed by atoms with E-state index in [0.717, 1.165) is 12.8 Å². The van der Waals surface area contributed by atoms with Crippen molar-refractivity contribution in [2.45, 2.75) is 98.3 Å². The van der Waals surface area contributed by atoms with Crippen molar-refractivity contribution in [2.75, 3.05) is 0 Å². The molecule has 0 radical (unpaired) electrons. The van der Waals surface area contributed by atoms with Gasteiger partial charge in [0.1, 0.15) is 0 Å². The van der Waals surface area contributed by atoms with Gasteiger partial charge in [0.25, 0.3) is 0 Å². The maximum atomic E-state index is 3.65. The second kappa shape index (κ2) is 16.2. The zero-order chi connectivity index (χ0) is 36.0. The molecule has 0 spiro atoms. The van der Waals surface area contributed by atoms with Crippen LogP contribution in [0.15, 0.2) is 109 Å². The van der Waals surface area contributed by atoms with Crippen molar-refractivity contribution in [1.29, 1.82) is 0 Å². The Bertz CT molecular complexity index is 1990. The van der Waals surface area contributed by atoms with Crippen LogP contribution in [0.1, 0.15) is 125 Å². The third-order valence-electron chi connectivity index (χ3n) is 10.6. The van der Waals surface area contributed by atoms with E-state index in [4.69, 9.17) is 0 Å². The summed E-state index contributed by atoms with van der Waals surface area (Å²) in [7, 11) is 0. The Morgan fingerprint density at radius 1 is 0.731 bits per heavy atom. The van der Waals surface area contributed by atoms with Gasteiger partial charge in [-0.05, 0) is 58.4 Å². The van der Waals surface area contributed by atoms with Gasteiger partial charge in [0.05, 0.1) is 0 Å². The average Bonchev–Trinajstić information content (AvgIpc) is 3.82. The summed E-state index contributed by atoms with van der Waals surface area (Å²) in [6.07, 6.45) is 8.28. The standard InChI is InChI=1S/C25H25.C13H10.C11H17.2ClH.Zr/c1-14-12-24(3,4)22-8-16-7-17-9-23-19(15(2)13-25(23,5)6)11-21(17)20(16)10-18(14)22;1-3-7-12(8-4-1)11-13-9-5-2-6-10-13;1-5-9-6-7-10(8-9)11(2,3)4;;;/h8-12H,7H2,1-6H3;1-10H;6-8H,5H2,1-4H3;2*1H;/q-1;;-1;;;+2/p-2. The normalized spacial score (nSPS) is 15.1. The molecule has 0 amide bonds. The molecule has 0 N–H and O–H groups in total. The van der Waals surface area contributed by atoms with E-state index in [9.17, 15) is 0 Å². The number of hydrogen-bond donors (Lipinski definition) is 0. The Balaban J connectivity index is 0.000000191. The van der Waals surface area contributed by atoms with Gasteiger partial charge in [0.2, 0.25) is 0 Å². The van der Waals surface area contributed by atoms with Crippen LogP contribution in [0.5, 0.6) is 0 Å². The number of allylic oxidation sites excluding steroid dienone is 4. The Morgan fingerprint density at radius 2 is 1.25 bits per heavy atom. The summed E-state index contributed by atoms with van der Waals surface area (Å²) >= 11 is 1.46. The fourth-order valence-corrected chi connectivity index (χ4v) is 8.65. The topological polar surface area (TPSA) is 0 Å². The van der Waals surface area contributed by atoms with Crippen molar-refractivity contribution in [3.05, 3.63) is 171 Å². The van der Waals surface area contributed by atoms with E-state index in [1.54, 1.807) is 0 Å². The van der Waals surface area contributed by atoms with Crippen LogP contribution < -0.4 is 24.8 Å².